The molecule has 1 aromatic heterocycles. The van der Waals surface area contributed by atoms with Crippen molar-refractivity contribution < 1.29 is 0 Å². The summed E-state index contributed by atoms with van der Waals surface area (Å²) in [5, 5.41) is 3.42. The third-order valence-electron chi connectivity index (χ3n) is 3.02. The lowest BCUT2D eigenvalue weighted by Crippen LogP contribution is -2.21. The first kappa shape index (κ1) is 12.8. The van der Waals surface area contributed by atoms with Crippen LogP contribution in [-0.4, -0.2) is 15.6 Å². The number of nitrogens with zero attached hydrogens (tertiary/aromatic N) is 2. The predicted octanol–water partition coefficient (Wildman–Crippen LogP) is 2.51. The minimum atomic E-state index is 0.525. The van der Waals surface area contributed by atoms with Crippen LogP contribution in [0.3, 0.4) is 0 Å². The highest BCUT2D eigenvalue weighted by atomic mass is 15.0. The predicted molar refractivity (Wildman–Crippen MR) is 74.4 cm³/mol. The zero-order valence-corrected chi connectivity index (χ0v) is 11.4. The number of aryl methyl sites for hydroxylation is 1. The second-order valence-corrected chi connectivity index (χ2v) is 4.98. The van der Waals surface area contributed by atoms with E-state index in [0.717, 1.165) is 18.8 Å². The lowest BCUT2D eigenvalue weighted by atomic mass is 10.1. The molecule has 18 heavy (non-hydrogen) atoms. The van der Waals surface area contributed by atoms with E-state index in [2.05, 4.69) is 53.0 Å². The van der Waals surface area contributed by atoms with Gasteiger partial charge >= 0.3 is 0 Å². The van der Waals surface area contributed by atoms with E-state index in [1.807, 2.05) is 19.4 Å². The Kier molecular flexibility index (Phi) is 4.15. The van der Waals surface area contributed by atoms with E-state index < -0.39 is 0 Å². The summed E-state index contributed by atoms with van der Waals surface area (Å²) in [7, 11) is 2.03. The van der Waals surface area contributed by atoms with Gasteiger partial charge < -0.3 is 9.88 Å². The Morgan fingerprint density at radius 2 is 1.83 bits per heavy atom. The molecule has 0 aliphatic heterocycles. The summed E-state index contributed by atoms with van der Waals surface area (Å²) < 4.78 is 2.06. The van der Waals surface area contributed by atoms with Crippen molar-refractivity contribution in [3.63, 3.8) is 0 Å². The van der Waals surface area contributed by atoms with Crippen molar-refractivity contribution in [2.75, 3.05) is 0 Å². The van der Waals surface area contributed by atoms with E-state index in [0.29, 0.717) is 6.04 Å². The molecule has 2 aromatic rings. The highest BCUT2D eigenvalue weighted by molar-refractivity contribution is 5.25. The van der Waals surface area contributed by atoms with E-state index in [4.69, 9.17) is 0 Å². The van der Waals surface area contributed by atoms with E-state index in [9.17, 15) is 0 Å². The van der Waals surface area contributed by atoms with Gasteiger partial charge in [-0.2, -0.15) is 0 Å². The highest BCUT2D eigenvalue weighted by Gasteiger charge is 2.01. The maximum absolute atomic E-state index is 4.34. The molecule has 0 amide bonds. The highest BCUT2D eigenvalue weighted by Crippen LogP contribution is 2.09. The molecule has 0 spiro atoms. The third-order valence-corrected chi connectivity index (χ3v) is 3.02. The summed E-state index contributed by atoms with van der Waals surface area (Å²) in [6.07, 6.45) is 4.72. The van der Waals surface area contributed by atoms with Crippen LogP contribution in [0.4, 0.5) is 0 Å². The lowest BCUT2D eigenvalue weighted by molar-refractivity contribution is 0.589. The van der Waals surface area contributed by atoms with Gasteiger partial charge in [0.05, 0.1) is 0 Å². The fourth-order valence-corrected chi connectivity index (χ4v) is 1.85. The zero-order valence-electron chi connectivity index (χ0n) is 11.4. The molecular weight excluding hydrogens is 222 g/mol. The van der Waals surface area contributed by atoms with Gasteiger partial charge in [-0.25, -0.2) is 4.98 Å². The standard InChI is InChI=1S/C15H21N3/c1-12(2)17-11-14-6-4-13(5-7-14)10-15-16-8-9-18(15)3/h4-9,12,17H,10-11H2,1-3H3. The average Bonchev–Trinajstić information content (AvgIpc) is 2.74. The van der Waals surface area contributed by atoms with Crippen LogP contribution >= 0.6 is 0 Å². The monoisotopic (exact) mass is 243 g/mol. The van der Waals surface area contributed by atoms with Crippen LogP contribution in [0.5, 0.6) is 0 Å². The van der Waals surface area contributed by atoms with Crippen LogP contribution in [0.1, 0.15) is 30.8 Å². The molecule has 0 unspecified atom stereocenters. The summed E-state index contributed by atoms with van der Waals surface area (Å²) in [6.45, 7) is 5.26. The number of imidazole rings is 1. The molecule has 2 rings (SSSR count). The fraction of sp³-hybridized carbons (Fsp3) is 0.400. The molecule has 1 heterocycles. The molecule has 0 aliphatic rings. The second-order valence-electron chi connectivity index (χ2n) is 4.98. The average molecular weight is 243 g/mol. The Hall–Kier alpha value is -1.61. The normalized spacial score (nSPS) is 11.1. The smallest absolute Gasteiger partial charge is 0.112 e. The molecule has 0 saturated heterocycles. The van der Waals surface area contributed by atoms with Gasteiger partial charge in [0.2, 0.25) is 0 Å². The van der Waals surface area contributed by atoms with Crippen molar-refractivity contribution in [2.45, 2.75) is 32.9 Å². The van der Waals surface area contributed by atoms with Gasteiger partial charge in [-0.1, -0.05) is 38.1 Å². The molecule has 1 aromatic carbocycles. The molecular formula is C15H21N3. The molecule has 0 fully saturated rings. The largest absolute Gasteiger partial charge is 0.338 e. The van der Waals surface area contributed by atoms with E-state index in [1.54, 1.807) is 0 Å². The van der Waals surface area contributed by atoms with Gasteiger partial charge in [-0.3, -0.25) is 0 Å². The maximum Gasteiger partial charge on any atom is 0.112 e. The molecule has 0 atom stereocenters. The van der Waals surface area contributed by atoms with Crippen LogP contribution in [0.15, 0.2) is 36.7 Å². The Bertz CT molecular complexity index is 483. The van der Waals surface area contributed by atoms with Gasteiger partial charge in [0.25, 0.3) is 0 Å². The fourth-order valence-electron chi connectivity index (χ4n) is 1.85. The number of benzene rings is 1. The third kappa shape index (κ3) is 3.44. The lowest BCUT2D eigenvalue weighted by Gasteiger charge is -2.08. The topological polar surface area (TPSA) is 29.9 Å². The first-order valence-corrected chi connectivity index (χ1v) is 6.42. The number of nitrogens with one attached hydrogen (secondary N) is 1. The maximum atomic E-state index is 4.34. The van der Waals surface area contributed by atoms with Crippen LogP contribution in [0.25, 0.3) is 0 Å². The van der Waals surface area contributed by atoms with Gasteiger partial charge in [-0.15, -0.1) is 0 Å². The van der Waals surface area contributed by atoms with Gasteiger partial charge in [0.15, 0.2) is 0 Å². The van der Waals surface area contributed by atoms with Crippen LogP contribution in [-0.2, 0) is 20.0 Å². The van der Waals surface area contributed by atoms with E-state index in [-0.39, 0.29) is 0 Å². The van der Waals surface area contributed by atoms with E-state index in [1.165, 1.54) is 11.1 Å². The minimum Gasteiger partial charge on any atom is -0.338 e. The van der Waals surface area contributed by atoms with Crippen molar-refractivity contribution in [2.24, 2.45) is 7.05 Å². The van der Waals surface area contributed by atoms with Crippen LogP contribution in [0, 0.1) is 0 Å². The first-order chi connectivity index (χ1) is 8.65. The molecule has 3 heteroatoms. The van der Waals surface area contributed by atoms with Crippen molar-refractivity contribution in [3.8, 4) is 0 Å². The molecule has 3 nitrogen and oxygen atoms in total. The van der Waals surface area contributed by atoms with Crippen molar-refractivity contribution >= 4 is 0 Å². The Morgan fingerprint density at radius 1 is 1.17 bits per heavy atom. The first-order valence-electron chi connectivity index (χ1n) is 6.42. The summed E-state index contributed by atoms with van der Waals surface area (Å²) in [4.78, 5) is 4.34. The molecule has 0 radical (unpaired) electrons. The Morgan fingerprint density at radius 3 is 2.39 bits per heavy atom. The number of hydrogen-bond donors (Lipinski definition) is 1. The number of rotatable bonds is 5. The SMILES string of the molecule is CC(C)NCc1ccc(Cc2nccn2C)cc1. The van der Waals surface area contributed by atoms with E-state index >= 15 is 0 Å². The summed E-state index contributed by atoms with van der Waals surface area (Å²) in [5.74, 6) is 1.10. The van der Waals surface area contributed by atoms with Crippen molar-refractivity contribution in [3.05, 3.63) is 53.6 Å². The number of hydrogen-bond acceptors (Lipinski definition) is 2. The minimum absolute atomic E-state index is 0.525. The zero-order chi connectivity index (χ0) is 13.0. The molecule has 96 valence electrons. The molecule has 0 bridgehead atoms. The molecule has 0 aliphatic carbocycles. The molecule has 0 saturated carbocycles. The number of aromatic nitrogens is 2. The summed E-state index contributed by atoms with van der Waals surface area (Å²) in [6, 6.07) is 9.27. The van der Waals surface area contributed by atoms with Crippen LogP contribution < -0.4 is 5.32 Å². The Labute approximate surface area is 109 Å². The summed E-state index contributed by atoms with van der Waals surface area (Å²) in [5.41, 5.74) is 2.63. The van der Waals surface area contributed by atoms with Gasteiger partial charge in [0.1, 0.15) is 5.82 Å². The van der Waals surface area contributed by atoms with Crippen LogP contribution in [0.2, 0.25) is 0 Å². The quantitative estimate of drug-likeness (QED) is 0.874. The van der Waals surface area contributed by atoms with Crippen molar-refractivity contribution in [1.29, 1.82) is 0 Å². The van der Waals surface area contributed by atoms with Crippen molar-refractivity contribution in [1.82, 2.24) is 14.9 Å². The van der Waals surface area contributed by atoms with Gasteiger partial charge in [-0.05, 0) is 11.1 Å². The van der Waals surface area contributed by atoms with Gasteiger partial charge in [0, 0.05) is 38.4 Å². The second kappa shape index (κ2) is 5.83. The molecule has 1 N–H and O–H groups in total. The Balaban J connectivity index is 1.97. The summed E-state index contributed by atoms with van der Waals surface area (Å²) >= 11 is 0.